The number of hydrogen-bond acceptors (Lipinski definition) is 4. The Hall–Kier alpha value is -1.70. The van der Waals surface area contributed by atoms with Crippen LogP contribution in [0.25, 0.3) is 11.3 Å². The second-order valence-corrected chi connectivity index (χ2v) is 6.82. The minimum Gasteiger partial charge on any atom is -0.299 e. The summed E-state index contributed by atoms with van der Waals surface area (Å²) in [5.74, 6) is 0. The first-order chi connectivity index (χ1) is 10.2. The maximum absolute atomic E-state index is 11.8. The van der Waals surface area contributed by atoms with Gasteiger partial charge >= 0.3 is 6.03 Å². The van der Waals surface area contributed by atoms with Crippen LogP contribution in [0.2, 0.25) is 0 Å². The second kappa shape index (κ2) is 6.38. The molecular weight excluding hydrogens is 370 g/mol. The fourth-order valence-electron chi connectivity index (χ4n) is 1.67. The average Bonchev–Trinajstić information content (AvgIpc) is 3.11. The molecule has 4 nitrogen and oxygen atoms in total. The van der Waals surface area contributed by atoms with Crippen molar-refractivity contribution < 1.29 is 4.79 Å². The number of nitrogens with one attached hydrogen (secondary N) is 2. The maximum atomic E-state index is 11.8. The van der Waals surface area contributed by atoms with E-state index in [0.717, 1.165) is 20.7 Å². The smallest absolute Gasteiger partial charge is 0.299 e. The Labute approximate surface area is 138 Å². The number of aromatic nitrogens is 1. The molecule has 3 aromatic rings. The number of benzene rings is 1. The Bertz CT molecular complexity index is 738. The van der Waals surface area contributed by atoms with E-state index in [1.165, 1.54) is 22.7 Å². The highest BCUT2D eigenvalue weighted by molar-refractivity contribution is 9.10. The molecule has 3 rings (SSSR count). The van der Waals surface area contributed by atoms with E-state index in [9.17, 15) is 4.79 Å². The molecule has 0 unspecified atom stereocenters. The van der Waals surface area contributed by atoms with E-state index in [1.807, 2.05) is 47.2 Å². The van der Waals surface area contributed by atoms with E-state index in [4.69, 9.17) is 0 Å². The Balaban J connectivity index is 1.67. The quantitative estimate of drug-likeness (QED) is 0.650. The number of nitrogens with zero attached hydrogens (tertiary/aromatic N) is 1. The molecule has 2 amide bonds. The lowest BCUT2D eigenvalue weighted by molar-refractivity contribution is 0.262. The van der Waals surface area contributed by atoms with Crippen LogP contribution < -0.4 is 10.6 Å². The summed E-state index contributed by atoms with van der Waals surface area (Å²) in [7, 11) is 0. The van der Waals surface area contributed by atoms with Gasteiger partial charge in [-0.05, 0) is 29.6 Å². The van der Waals surface area contributed by atoms with E-state index in [0.29, 0.717) is 5.13 Å². The first-order valence-corrected chi connectivity index (χ1v) is 8.59. The number of rotatable bonds is 3. The van der Waals surface area contributed by atoms with Crippen molar-refractivity contribution in [2.45, 2.75) is 0 Å². The summed E-state index contributed by atoms with van der Waals surface area (Å²) in [5, 5.41) is 10.7. The summed E-state index contributed by atoms with van der Waals surface area (Å²) in [5.41, 5.74) is 1.86. The van der Waals surface area contributed by atoms with Crippen LogP contribution in [-0.2, 0) is 0 Å². The van der Waals surface area contributed by atoms with Crippen molar-refractivity contribution in [3.05, 3.63) is 51.6 Å². The highest BCUT2D eigenvalue weighted by Gasteiger charge is 2.08. The number of thiazole rings is 1. The molecule has 0 aliphatic carbocycles. The first-order valence-electron chi connectivity index (χ1n) is 6.04. The molecule has 0 saturated heterocycles. The van der Waals surface area contributed by atoms with Crippen LogP contribution in [0.3, 0.4) is 0 Å². The molecule has 0 aliphatic heterocycles. The Kier molecular flexibility index (Phi) is 4.33. The Morgan fingerprint density at radius 3 is 2.62 bits per heavy atom. The van der Waals surface area contributed by atoms with Crippen molar-refractivity contribution in [2.24, 2.45) is 0 Å². The SMILES string of the molecule is O=C(Nc1cccs1)Nc1nc(-c2ccc(Br)cc2)cs1. The second-order valence-electron chi connectivity index (χ2n) is 4.10. The zero-order valence-electron chi connectivity index (χ0n) is 10.7. The van der Waals surface area contributed by atoms with Crippen molar-refractivity contribution in [1.82, 2.24) is 4.98 Å². The molecule has 0 atom stereocenters. The molecule has 0 fully saturated rings. The largest absolute Gasteiger partial charge is 0.326 e. The van der Waals surface area contributed by atoms with Crippen LogP contribution in [0.5, 0.6) is 0 Å². The minimum atomic E-state index is -0.283. The summed E-state index contributed by atoms with van der Waals surface area (Å²) >= 11 is 6.27. The van der Waals surface area contributed by atoms with Gasteiger partial charge in [0.05, 0.1) is 10.7 Å². The highest BCUT2D eigenvalue weighted by atomic mass is 79.9. The molecule has 106 valence electrons. The average molecular weight is 380 g/mol. The van der Waals surface area contributed by atoms with Gasteiger partial charge in [0.15, 0.2) is 5.13 Å². The van der Waals surface area contributed by atoms with Gasteiger partial charge in [-0.15, -0.1) is 22.7 Å². The predicted octanol–water partition coefficient (Wildman–Crippen LogP) is 5.28. The van der Waals surface area contributed by atoms with Crippen LogP contribution in [0.4, 0.5) is 14.9 Å². The van der Waals surface area contributed by atoms with Crippen molar-refractivity contribution in [1.29, 1.82) is 0 Å². The zero-order chi connectivity index (χ0) is 14.7. The van der Waals surface area contributed by atoms with Gasteiger partial charge in [0.25, 0.3) is 0 Å². The summed E-state index contributed by atoms with van der Waals surface area (Å²) in [6.07, 6.45) is 0. The lowest BCUT2D eigenvalue weighted by Gasteiger charge is -2.02. The molecular formula is C14H10BrN3OS2. The third-order valence-electron chi connectivity index (χ3n) is 2.62. The lowest BCUT2D eigenvalue weighted by atomic mass is 10.2. The van der Waals surface area contributed by atoms with Crippen LogP contribution in [0.15, 0.2) is 51.6 Å². The number of anilines is 2. The number of carbonyl (C=O) groups is 1. The number of thiophene rings is 1. The summed E-state index contributed by atoms with van der Waals surface area (Å²) in [6, 6.07) is 11.3. The molecule has 7 heteroatoms. The summed E-state index contributed by atoms with van der Waals surface area (Å²) in [4.78, 5) is 16.2. The molecule has 0 bridgehead atoms. The zero-order valence-corrected chi connectivity index (χ0v) is 13.9. The third kappa shape index (κ3) is 3.69. The number of amides is 2. The van der Waals surface area contributed by atoms with E-state index in [-0.39, 0.29) is 6.03 Å². The van der Waals surface area contributed by atoms with Crippen LogP contribution in [0, 0.1) is 0 Å². The predicted molar refractivity (Wildman–Crippen MR) is 92.2 cm³/mol. The fourth-order valence-corrected chi connectivity index (χ4v) is 3.27. The fraction of sp³-hybridized carbons (Fsp3) is 0. The monoisotopic (exact) mass is 379 g/mol. The van der Waals surface area contributed by atoms with Crippen molar-refractivity contribution in [3.8, 4) is 11.3 Å². The molecule has 2 N–H and O–H groups in total. The van der Waals surface area contributed by atoms with Crippen LogP contribution in [0.1, 0.15) is 0 Å². The van der Waals surface area contributed by atoms with E-state index in [1.54, 1.807) is 0 Å². The van der Waals surface area contributed by atoms with Crippen LogP contribution >= 0.6 is 38.6 Å². The molecule has 21 heavy (non-hydrogen) atoms. The minimum absolute atomic E-state index is 0.283. The molecule has 0 radical (unpaired) electrons. The van der Waals surface area contributed by atoms with Gasteiger partial charge in [0, 0.05) is 15.4 Å². The van der Waals surface area contributed by atoms with Gasteiger partial charge in [-0.3, -0.25) is 10.6 Å². The van der Waals surface area contributed by atoms with E-state index >= 15 is 0 Å². The van der Waals surface area contributed by atoms with Crippen molar-refractivity contribution in [2.75, 3.05) is 10.6 Å². The van der Waals surface area contributed by atoms with Crippen molar-refractivity contribution >= 4 is 54.8 Å². The molecule has 1 aromatic carbocycles. The van der Waals surface area contributed by atoms with E-state index in [2.05, 4.69) is 31.5 Å². The molecule has 2 heterocycles. The number of urea groups is 1. The number of hydrogen-bond donors (Lipinski definition) is 2. The first kappa shape index (κ1) is 14.2. The molecule has 0 aliphatic rings. The summed E-state index contributed by atoms with van der Waals surface area (Å²) in [6.45, 7) is 0. The number of halogens is 1. The standard InChI is InChI=1S/C14H10BrN3OS2/c15-10-5-3-9(4-6-10)11-8-21-14(16-11)18-13(19)17-12-2-1-7-20-12/h1-8H,(H2,16,17,18,19). The molecule has 0 saturated carbocycles. The van der Waals surface area contributed by atoms with Gasteiger partial charge in [-0.25, -0.2) is 9.78 Å². The lowest BCUT2D eigenvalue weighted by Crippen LogP contribution is -2.18. The van der Waals surface area contributed by atoms with Gasteiger partial charge in [0.1, 0.15) is 0 Å². The Morgan fingerprint density at radius 2 is 1.90 bits per heavy atom. The van der Waals surface area contributed by atoms with Crippen LogP contribution in [-0.4, -0.2) is 11.0 Å². The van der Waals surface area contributed by atoms with Crippen molar-refractivity contribution in [3.63, 3.8) is 0 Å². The van der Waals surface area contributed by atoms with Gasteiger partial charge in [-0.2, -0.15) is 0 Å². The molecule has 0 spiro atoms. The summed E-state index contributed by atoms with van der Waals surface area (Å²) < 4.78 is 1.02. The Morgan fingerprint density at radius 1 is 1.10 bits per heavy atom. The molecule has 2 aromatic heterocycles. The van der Waals surface area contributed by atoms with Gasteiger partial charge in [0.2, 0.25) is 0 Å². The topological polar surface area (TPSA) is 54.0 Å². The van der Waals surface area contributed by atoms with Gasteiger partial charge in [-0.1, -0.05) is 28.1 Å². The maximum Gasteiger partial charge on any atom is 0.326 e. The third-order valence-corrected chi connectivity index (χ3v) is 4.69. The van der Waals surface area contributed by atoms with Gasteiger partial charge < -0.3 is 0 Å². The van der Waals surface area contributed by atoms with E-state index < -0.39 is 0 Å². The number of carbonyl (C=O) groups excluding carboxylic acids is 1. The normalized spacial score (nSPS) is 10.3. The highest BCUT2D eigenvalue weighted by Crippen LogP contribution is 2.26.